The Morgan fingerprint density at radius 2 is 1.97 bits per heavy atom. The number of nitrogens with one attached hydrogen (secondary N) is 1. The quantitative estimate of drug-likeness (QED) is 0.697. The minimum absolute atomic E-state index is 0.0612. The van der Waals surface area contributed by atoms with Gasteiger partial charge in [-0.05, 0) is 49.2 Å². The summed E-state index contributed by atoms with van der Waals surface area (Å²) in [5.41, 5.74) is 2.63. The summed E-state index contributed by atoms with van der Waals surface area (Å²) in [5, 5.41) is 12.4. The van der Waals surface area contributed by atoms with Crippen LogP contribution in [0.3, 0.4) is 0 Å². The summed E-state index contributed by atoms with van der Waals surface area (Å²) in [5.74, 6) is 0.793. The van der Waals surface area contributed by atoms with Crippen molar-refractivity contribution in [1.29, 1.82) is 0 Å². The van der Waals surface area contributed by atoms with Crippen LogP contribution in [0.4, 0.5) is 5.82 Å². The largest absolute Gasteiger partial charge is 0.354 e. The summed E-state index contributed by atoms with van der Waals surface area (Å²) in [6.45, 7) is 1.97. The second kappa shape index (κ2) is 9.01. The Kier molecular flexibility index (Phi) is 6.00. The van der Waals surface area contributed by atoms with Gasteiger partial charge in [0.1, 0.15) is 0 Å². The Morgan fingerprint density at radius 3 is 2.69 bits per heavy atom. The van der Waals surface area contributed by atoms with Crippen LogP contribution >= 0.6 is 11.6 Å². The van der Waals surface area contributed by atoms with Gasteiger partial charge in [-0.2, -0.15) is 0 Å². The van der Waals surface area contributed by atoms with E-state index in [1.54, 1.807) is 6.20 Å². The lowest BCUT2D eigenvalue weighted by Gasteiger charge is -2.32. The zero-order chi connectivity index (χ0) is 20.1. The van der Waals surface area contributed by atoms with Crippen LogP contribution in [0.25, 0.3) is 11.3 Å². The van der Waals surface area contributed by atoms with Gasteiger partial charge in [-0.1, -0.05) is 29.8 Å². The monoisotopic (exact) mass is 407 g/mol. The van der Waals surface area contributed by atoms with Gasteiger partial charge in [0.05, 0.1) is 23.9 Å². The minimum atomic E-state index is -0.0646. The molecule has 148 valence electrons. The standard InChI is InChI=1S/C22H22ClN5O/c23-18-8-6-16(7-9-18)20-10-11-21(27-26-20)28-13-3-4-17(15-28)22(29)25-14-19-5-1-2-12-24-19/h1-2,5-12,17H,3-4,13-15H2,(H,25,29). The van der Waals surface area contributed by atoms with E-state index in [2.05, 4.69) is 25.4 Å². The van der Waals surface area contributed by atoms with Crippen molar-refractivity contribution < 1.29 is 4.79 Å². The molecular weight excluding hydrogens is 386 g/mol. The van der Waals surface area contributed by atoms with Gasteiger partial charge in [-0.3, -0.25) is 9.78 Å². The number of benzene rings is 1. The van der Waals surface area contributed by atoms with E-state index in [-0.39, 0.29) is 11.8 Å². The van der Waals surface area contributed by atoms with E-state index in [0.717, 1.165) is 42.2 Å². The first-order valence-electron chi connectivity index (χ1n) is 9.71. The van der Waals surface area contributed by atoms with Crippen LogP contribution in [-0.4, -0.2) is 34.2 Å². The van der Waals surface area contributed by atoms with E-state index in [0.29, 0.717) is 18.1 Å². The number of nitrogens with zero attached hydrogens (tertiary/aromatic N) is 4. The summed E-state index contributed by atoms with van der Waals surface area (Å²) in [7, 11) is 0. The Bertz CT molecular complexity index is 947. The fraction of sp³-hybridized carbons (Fsp3) is 0.273. The predicted octanol–water partition coefficient (Wildman–Crippen LogP) is 3.72. The molecule has 1 unspecified atom stereocenters. The van der Waals surface area contributed by atoms with E-state index in [1.165, 1.54) is 0 Å². The second-order valence-electron chi connectivity index (χ2n) is 7.11. The molecule has 0 spiro atoms. The number of pyridine rings is 1. The molecule has 4 rings (SSSR count). The van der Waals surface area contributed by atoms with E-state index < -0.39 is 0 Å². The van der Waals surface area contributed by atoms with E-state index in [9.17, 15) is 4.79 Å². The van der Waals surface area contributed by atoms with Gasteiger partial charge in [0.15, 0.2) is 5.82 Å². The van der Waals surface area contributed by atoms with Gasteiger partial charge < -0.3 is 10.2 Å². The maximum atomic E-state index is 12.6. The zero-order valence-corrected chi connectivity index (χ0v) is 16.7. The molecule has 6 nitrogen and oxygen atoms in total. The van der Waals surface area contributed by atoms with E-state index >= 15 is 0 Å². The second-order valence-corrected chi connectivity index (χ2v) is 7.54. The normalized spacial score (nSPS) is 16.4. The molecule has 1 amide bonds. The number of hydrogen-bond acceptors (Lipinski definition) is 5. The van der Waals surface area contributed by atoms with Crippen molar-refractivity contribution in [2.45, 2.75) is 19.4 Å². The fourth-order valence-electron chi connectivity index (χ4n) is 3.49. The number of hydrogen-bond donors (Lipinski definition) is 1. The third kappa shape index (κ3) is 4.90. The first-order chi connectivity index (χ1) is 14.2. The zero-order valence-electron chi connectivity index (χ0n) is 16.0. The van der Waals surface area contributed by atoms with Crippen molar-refractivity contribution in [3.05, 3.63) is 71.5 Å². The van der Waals surface area contributed by atoms with Crippen LogP contribution in [0.1, 0.15) is 18.5 Å². The fourth-order valence-corrected chi connectivity index (χ4v) is 3.62. The summed E-state index contributed by atoms with van der Waals surface area (Å²) in [4.78, 5) is 19.0. The number of carbonyl (C=O) groups is 1. The third-order valence-corrected chi connectivity index (χ3v) is 5.33. The van der Waals surface area contributed by atoms with Crippen LogP contribution in [0.2, 0.25) is 5.02 Å². The molecule has 1 aromatic carbocycles. The third-order valence-electron chi connectivity index (χ3n) is 5.08. The Hall–Kier alpha value is -2.99. The lowest BCUT2D eigenvalue weighted by Crippen LogP contribution is -2.43. The summed E-state index contributed by atoms with van der Waals surface area (Å²) in [6, 6.07) is 17.1. The number of anilines is 1. The lowest BCUT2D eigenvalue weighted by molar-refractivity contribution is -0.125. The number of rotatable bonds is 5. The Morgan fingerprint density at radius 1 is 1.10 bits per heavy atom. The summed E-state index contributed by atoms with van der Waals surface area (Å²) >= 11 is 5.94. The average Bonchev–Trinajstić information content (AvgIpc) is 2.79. The highest BCUT2D eigenvalue weighted by Gasteiger charge is 2.26. The molecule has 3 aromatic rings. The van der Waals surface area contributed by atoms with Crippen molar-refractivity contribution in [3.8, 4) is 11.3 Å². The molecule has 1 N–H and O–H groups in total. The SMILES string of the molecule is O=C(NCc1ccccn1)C1CCCN(c2ccc(-c3ccc(Cl)cc3)nn2)C1. The molecule has 0 saturated carbocycles. The highest BCUT2D eigenvalue weighted by Crippen LogP contribution is 2.24. The molecule has 2 aromatic heterocycles. The van der Waals surface area contributed by atoms with Crippen molar-refractivity contribution >= 4 is 23.3 Å². The predicted molar refractivity (Wildman–Crippen MR) is 113 cm³/mol. The van der Waals surface area contributed by atoms with Crippen LogP contribution in [0, 0.1) is 5.92 Å². The number of aromatic nitrogens is 3. The van der Waals surface area contributed by atoms with E-state index in [1.807, 2.05) is 54.6 Å². The highest BCUT2D eigenvalue weighted by molar-refractivity contribution is 6.30. The minimum Gasteiger partial charge on any atom is -0.354 e. The molecule has 0 radical (unpaired) electrons. The molecule has 1 fully saturated rings. The number of carbonyl (C=O) groups excluding carboxylic acids is 1. The van der Waals surface area contributed by atoms with Gasteiger partial charge in [0.2, 0.25) is 5.91 Å². The number of halogens is 1. The molecular formula is C22H22ClN5O. The van der Waals surface area contributed by atoms with Gasteiger partial charge in [-0.15, -0.1) is 10.2 Å². The molecule has 3 heterocycles. The topological polar surface area (TPSA) is 71.0 Å². The van der Waals surface area contributed by atoms with Crippen molar-refractivity contribution in [3.63, 3.8) is 0 Å². The van der Waals surface area contributed by atoms with Crippen molar-refractivity contribution in [2.24, 2.45) is 5.92 Å². The molecule has 1 aliphatic heterocycles. The van der Waals surface area contributed by atoms with Gasteiger partial charge in [0, 0.05) is 29.9 Å². The molecule has 1 aliphatic rings. The molecule has 1 saturated heterocycles. The summed E-state index contributed by atoms with van der Waals surface area (Å²) in [6.07, 6.45) is 3.55. The van der Waals surface area contributed by atoms with Gasteiger partial charge in [0.25, 0.3) is 0 Å². The Balaban J connectivity index is 1.37. The van der Waals surface area contributed by atoms with E-state index in [4.69, 9.17) is 11.6 Å². The van der Waals surface area contributed by atoms with Crippen LogP contribution in [-0.2, 0) is 11.3 Å². The number of piperidine rings is 1. The van der Waals surface area contributed by atoms with Crippen molar-refractivity contribution in [1.82, 2.24) is 20.5 Å². The lowest BCUT2D eigenvalue weighted by atomic mass is 9.97. The molecule has 7 heteroatoms. The smallest absolute Gasteiger partial charge is 0.225 e. The van der Waals surface area contributed by atoms with Gasteiger partial charge >= 0.3 is 0 Å². The highest BCUT2D eigenvalue weighted by atomic mass is 35.5. The molecule has 0 bridgehead atoms. The van der Waals surface area contributed by atoms with Crippen LogP contribution in [0.5, 0.6) is 0 Å². The first-order valence-corrected chi connectivity index (χ1v) is 10.1. The van der Waals surface area contributed by atoms with Gasteiger partial charge in [-0.25, -0.2) is 0 Å². The van der Waals surface area contributed by atoms with Crippen LogP contribution < -0.4 is 10.2 Å². The van der Waals surface area contributed by atoms with Crippen molar-refractivity contribution in [2.75, 3.05) is 18.0 Å². The number of amides is 1. The Labute approximate surface area is 174 Å². The molecule has 1 atom stereocenters. The maximum Gasteiger partial charge on any atom is 0.225 e. The maximum absolute atomic E-state index is 12.6. The molecule has 0 aliphatic carbocycles. The first kappa shape index (κ1) is 19.3. The molecule has 29 heavy (non-hydrogen) atoms. The van der Waals surface area contributed by atoms with Crippen LogP contribution in [0.15, 0.2) is 60.8 Å². The average molecular weight is 408 g/mol. The summed E-state index contributed by atoms with van der Waals surface area (Å²) < 4.78 is 0.